The lowest BCUT2D eigenvalue weighted by Gasteiger charge is -2.49. The van der Waals surface area contributed by atoms with Crippen LogP contribution < -0.4 is 0 Å². The molecule has 2 fully saturated rings. The predicted octanol–water partition coefficient (Wildman–Crippen LogP) is 13.0. The Morgan fingerprint density at radius 2 is 0.614 bits per heavy atom. The van der Waals surface area contributed by atoms with Gasteiger partial charge >= 0.3 is 55.0 Å². The number of ether oxygens (including phenoxy) is 3. The molecule has 0 spiro atoms. The van der Waals surface area contributed by atoms with Crippen molar-refractivity contribution in [3.8, 4) is 0 Å². The highest BCUT2D eigenvalue weighted by Gasteiger charge is 2.83. The molecule has 2 saturated carbocycles. The van der Waals surface area contributed by atoms with Gasteiger partial charge in [-0.3, -0.25) is 14.4 Å². The number of aliphatic hydroxyl groups is 3. The van der Waals surface area contributed by atoms with E-state index in [1.165, 1.54) is 41.5 Å². The van der Waals surface area contributed by atoms with Gasteiger partial charge in [0.05, 0.1) is 16.2 Å². The normalized spacial score (nSPS) is 18.2. The van der Waals surface area contributed by atoms with Gasteiger partial charge in [-0.15, -0.1) is 0 Å². The van der Waals surface area contributed by atoms with E-state index in [0.29, 0.717) is 6.42 Å². The molecule has 2 rings (SSSR count). The lowest BCUT2D eigenvalue weighted by atomic mass is 9.71. The third-order valence-corrected chi connectivity index (χ3v) is 13.8. The zero-order chi connectivity index (χ0) is 56.3. The zero-order valence-corrected chi connectivity index (χ0v) is 40.5. The van der Waals surface area contributed by atoms with Gasteiger partial charge in [0.15, 0.2) is 16.8 Å². The fourth-order valence-corrected chi connectivity index (χ4v) is 7.54. The standard InChI is InChI=1S/C15H22F6O3.C14H20F6O3.C14H22F6O3/c1-4-11(2,3)10(22)24-12(8-6-5-7-9-12)13(23,14(16,17)18)15(19,20)21;1-4-10(2,3)9(21)23-11(7-5-6-8-11)12(22,13(15,16)17)14(18,19)20;1-6-10(4,5)9(21)23-11(7-2,8-3)12(22,13(15,16)17)14(18,19)20/h23H,4-9H2,1-3H3;22H,4-8H2,1-3H3;22H,6-8H2,1-5H3. The van der Waals surface area contributed by atoms with Gasteiger partial charge in [0, 0.05) is 0 Å². The van der Waals surface area contributed by atoms with E-state index < -0.39 is 143 Å². The summed E-state index contributed by atoms with van der Waals surface area (Å²) in [7, 11) is 0. The van der Waals surface area contributed by atoms with E-state index >= 15 is 0 Å². The first-order valence-electron chi connectivity index (χ1n) is 22.1. The second-order valence-corrected chi connectivity index (χ2v) is 19.5. The molecule has 0 heterocycles. The fourth-order valence-electron chi connectivity index (χ4n) is 7.54. The first-order chi connectivity index (χ1) is 30.9. The van der Waals surface area contributed by atoms with Crippen molar-refractivity contribution >= 4 is 17.9 Å². The Labute approximate surface area is 393 Å². The average Bonchev–Trinajstić information content (AvgIpc) is 3.69. The highest BCUT2D eigenvalue weighted by atomic mass is 19.4. The van der Waals surface area contributed by atoms with Crippen molar-refractivity contribution in [3.05, 3.63) is 0 Å². The highest BCUT2D eigenvalue weighted by Crippen LogP contribution is 2.59. The molecule has 9 nitrogen and oxygen atoms in total. The van der Waals surface area contributed by atoms with Crippen LogP contribution in [-0.4, -0.2) is 104 Å². The molecule has 0 saturated heterocycles. The van der Waals surface area contributed by atoms with Gasteiger partial charge in [-0.25, -0.2) is 0 Å². The number of halogens is 18. The number of carbonyl (C=O) groups excluding carboxylic acids is 3. The van der Waals surface area contributed by atoms with Gasteiger partial charge in [0.2, 0.25) is 0 Å². The molecular formula is C43H64F18O9. The number of esters is 3. The molecule has 0 aliphatic heterocycles. The average molecular weight is 1070 g/mol. The lowest BCUT2D eigenvalue weighted by molar-refractivity contribution is -0.416. The van der Waals surface area contributed by atoms with E-state index in [1.807, 2.05) is 0 Å². The van der Waals surface area contributed by atoms with Crippen LogP contribution in [0.25, 0.3) is 0 Å². The summed E-state index contributed by atoms with van der Waals surface area (Å²) >= 11 is 0. The number of hydrogen-bond donors (Lipinski definition) is 3. The molecule has 0 amide bonds. The maximum atomic E-state index is 13.3. The van der Waals surface area contributed by atoms with Crippen LogP contribution in [0.15, 0.2) is 0 Å². The third kappa shape index (κ3) is 12.7. The molecule has 0 radical (unpaired) electrons. The molecule has 2 aliphatic rings. The van der Waals surface area contributed by atoms with Crippen LogP contribution in [-0.2, 0) is 28.6 Å². The summed E-state index contributed by atoms with van der Waals surface area (Å²) in [4.78, 5) is 36.4. The fraction of sp³-hybridized carbons (Fsp3) is 0.930. The van der Waals surface area contributed by atoms with Crippen molar-refractivity contribution in [2.24, 2.45) is 16.2 Å². The molecule has 70 heavy (non-hydrogen) atoms. The summed E-state index contributed by atoms with van der Waals surface area (Å²) in [5, 5.41) is 29.2. The Morgan fingerprint density at radius 1 is 0.386 bits per heavy atom. The minimum Gasteiger partial charge on any atom is -0.455 e. The first kappa shape index (κ1) is 67.0. The molecule has 0 unspecified atom stereocenters. The van der Waals surface area contributed by atoms with Crippen molar-refractivity contribution in [1.29, 1.82) is 0 Å². The van der Waals surface area contributed by atoms with Gasteiger partial charge in [0.25, 0.3) is 16.8 Å². The lowest BCUT2D eigenvalue weighted by Crippen LogP contribution is -2.72. The van der Waals surface area contributed by atoms with Crippen LogP contribution in [0.1, 0.15) is 166 Å². The Kier molecular flexibility index (Phi) is 20.9. The van der Waals surface area contributed by atoms with E-state index in [4.69, 9.17) is 9.47 Å². The summed E-state index contributed by atoms with van der Waals surface area (Å²) in [6.07, 6.45) is -39.9. The Morgan fingerprint density at radius 3 is 0.814 bits per heavy atom. The minimum atomic E-state index is -6.06. The number of rotatable bonds is 14. The molecule has 0 aromatic heterocycles. The molecule has 0 aromatic rings. The Balaban J connectivity index is 0.00000102. The summed E-state index contributed by atoms with van der Waals surface area (Å²) in [5.41, 5.74) is -28.4. The van der Waals surface area contributed by atoms with Gasteiger partial charge < -0.3 is 29.5 Å². The molecular weight excluding hydrogens is 1000 g/mol. The molecule has 0 bridgehead atoms. The minimum absolute atomic E-state index is 0.00565. The molecule has 27 heteroatoms. The summed E-state index contributed by atoms with van der Waals surface area (Å²) in [6.45, 7) is 14.8. The monoisotopic (exact) mass is 1070 g/mol. The maximum absolute atomic E-state index is 13.3. The van der Waals surface area contributed by atoms with Crippen LogP contribution in [0, 0.1) is 16.2 Å². The predicted molar refractivity (Wildman–Crippen MR) is 212 cm³/mol. The third-order valence-electron chi connectivity index (χ3n) is 13.8. The van der Waals surface area contributed by atoms with E-state index in [0.717, 1.165) is 13.8 Å². The van der Waals surface area contributed by atoms with E-state index in [-0.39, 0.29) is 44.9 Å². The Bertz CT molecular complexity index is 1620. The van der Waals surface area contributed by atoms with Crippen LogP contribution in [0.3, 0.4) is 0 Å². The summed E-state index contributed by atoms with van der Waals surface area (Å²) < 4.78 is 252. The second kappa shape index (κ2) is 21.9. The van der Waals surface area contributed by atoms with E-state index in [9.17, 15) is 109 Å². The van der Waals surface area contributed by atoms with Crippen LogP contribution in [0.4, 0.5) is 79.0 Å². The first-order valence-corrected chi connectivity index (χ1v) is 22.1. The van der Waals surface area contributed by atoms with Gasteiger partial charge in [-0.05, 0) is 125 Å². The van der Waals surface area contributed by atoms with Crippen LogP contribution in [0.5, 0.6) is 0 Å². The van der Waals surface area contributed by atoms with Crippen molar-refractivity contribution in [3.63, 3.8) is 0 Å². The van der Waals surface area contributed by atoms with Gasteiger partial charge in [-0.2, -0.15) is 79.0 Å². The maximum Gasteiger partial charge on any atom is 0.430 e. The zero-order valence-electron chi connectivity index (χ0n) is 40.5. The molecule has 3 N–H and O–H groups in total. The summed E-state index contributed by atoms with van der Waals surface area (Å²) in [5.74, 6) is -3.59. The molecule has 416 valence electrons. The van der Waals surface area contributed by atoms with E-state index in [2.05, 4.69) is 4.74 Å². The number of alkyl halides is 18. The van der Waals surface area contributed by atoms with Gasteiger partial charge in [-0.1, -0.05) is 41.0 Å². The van der Waals surface area contributed by atoms with Crippen LogP contribution in [0.2, 0.25) is 0 Å². The highest BCUT2D eigenvalue weighted by molar-refractivity contribution is 5.77. The van der Waals surface area contributed by atoms with E-state index in [1.54, 1.807) is 20.8 Å². The molecule has 0 aromatic carbocycles. The summed E-state index contributed by atoms with van der Waals surface area (Å²) in [6, 6.07) is 0. The van der Waals surface area contributed by atoms with Crippen molar-refractivity contribution in [2.75, 3.05) is 0 Å². The SMILES string of the molecule is CCC(C)(C)C(=O)OC(CC)(CC)C(O)(C(F)(F)F)C(F)(F)F.CCC(C)(C)C(=O)OC1(C(O)(C(F)(F)F)C(F)(F)F)CCCC1.CCC(C)(C)C(=O)OC1(C(O)(C(F)(F)F)C(F)(F)F)CCCCC1. The van der Waals surface area contributed by atoms with Crippen LogP contribution >= 0.6 is 0 Å². The number of hydrogen-bond acceptors (Lipinski definition) is 9. The molecule has 0 atom stereocenters. The van der Waals surface area contributed by atoms with Crippen molar-refractivity contribution in [2.45, 2.75) is 237 Å². The van der Waals surface area contributed by atoms with Crippen molar-refractivity contribution < 1.29 is 123 Å². The second-order valence-electron chi connectivity index (χ2n) is 19.5. The quantitative estimate of drug-likeness (QED) is 0.0881. The largest absolute Gasteiger partial charge is 0.455 e. The smallest absolute Gasteiger partial charge is 0.430 e. The van der Waals surface area contributed by atoms with Crippen molar-refractivity contribution in [1.82, 2.24) is 0 Å². The van der Waals surface area contributed by atoms with Gasteiger partial charge in [0.1, 0.15) is 0 Å². The Hall–Kier alpha value is -2.97. The molecule has 2 aliphatic carbocycles. The topological polar surface area (TPSA) is 140 Å². The number of carbonyl (C=O) groups is 3.